The van der Waals surface area contributed by atoms with Crippen molar-refractivity contribution < 1.29 is 19.4 Å². The molecule has 1 N–H and O–H groups in total. The van der Waals surface area contributed by atoms with E-state index in [1.54, 1.807) is 40.1 Å². The van der Waals surface area contributed by atoms with Crippen LogP contribution in [0.5, 0.6) is 11.5 Å². The van der Waals surface area contributed by atoms with E-state index in [9.17, 15) is 14.7 Å². The lowest BCUT2D eigenvalue weighted by molar-refractivity contribution is 0.0533. The summed E-state index contributed by atoms with van der Waals surface area (Å²) >= 11 is 0. The van der Waals surface area contributed by atoms with Gasteiger partial charge in [-0.2, -0.15) is 0 Å². The van der Waals surface area contributed by atoms with Gasteiger partial charge < -0.3 is 19.6 Å². The van der Waals surface area contributed by atoms with E-state index in [1.807, 2.05) is 18.2 Å². The number of methoxy groups -OCH3 is 1. The van der Waals surface area contributed by atoms with Crippen molar-refractivity contribution in [3.05, 3.63) is 59.7 Å². The van der Waals surface area contributed by atoms with Crippen molar-refractivity contribution in [2.75, 3.05) is 33.3 Å². The average molecular weight is 340 g/mol. The first-order valence-electron chi connectivity index (χ1n) is 8.11. The fraction of sp³-hybridized carbons (Fsp3) is 0.263. The van der Waals surface area contributed by atoms with Gasteiger partial charge in [-0.3, -0.25) is 9.59 Å². The van der Waals surface area contributed by atoms with Crippen LogP contribution in [0, 0.1) is 0 Å². The van der Waals surface area contributed by atoms with Gasteiger partial charge in [-0.25, -0.2) is 0 Å². The lowest BCUT2D eigenvalue weighted by Crippen LogP contribution is -2.50. The molecule has 130 valence electrons. The van der Waals surface area contributed by atoms with Crippen molar-refractivity contribution in [2.45, 2.75) is 0 Å². The van der Waals surface area contributed by atoms with Gasteiger partial charge in [0.15, 0.2) is 11.5 Å². The van der Waals surface area contributed by atoms with Gasteiger partial charge in [0, 0.05) is 31.7 Å². The first-order valence-corrected chi connectivity index (χ1v) is 8.11. The minimum Gasteiger partial charge on any atom is -0.504 e. The molecule has 25 heavy (non-hydrogen) atoms. The van der Waals surface area contributed by atoms with Crippen LogP contribution in [0.1, 0.15) is 20.7 Å². The van der Waals surface area contributed by atoms with E-state index >= 15 is 0 Å². The number of para-hydroxylation sites is 1. The van der Waals surface area contributed by atoms with Gasteiger partial charge in [-0.15, -0.1) is 0 Å². The number of piperazine rings is 1. The van der Waals surface area contributed by atoms with E-state index in [4.69, 9.17) is 4.74 Å². The molecular weight excluding hydrogens is 320 g/mol. The molecule has 0 spiro atoms. The second-order valence-corrected chi connectivity index (χ2v) is 5.81. The van der Waals surface area contributed by atoms with Crippen LogP contribution in [0.4, 0.5) is 0 Å². The molecule has 0 radical (unpaired) electrons. The van der Waals surface area contributed by atoms with Crippen molar-refractivity contribution in [3.63, 3.8) is 0 Å². The van der Waals surface area contributed by atoms with E-state index in [0.717, 1.165) is 0 Å². The Kier molecular flexibility index (Phi) is 4.88. The minimum absolute atomic E-state index is 0.0306. The van der Waals surface area contributed by atoms with Crippen LogP contribution in [0.15, 0.2) is 48.5 Å². The summed E-state index contributed by atoms with van der Waals surface area (Å²) in [7, 11) is 1.44. The molecule has 6 nitrogen and oxygen atoms in total. The van der Waals surface area contributed by atoms with Gasteiger partial charge in [0.05, 0.1) is 12.7 Å². The number of phenolic OH excluding ortho intramolecular Hbond substituents is 1. The number of phenols is 1. The van der Waals surface area contributed by atoms with Crippen molar-refractivity contribution in [2.24, 2.45) is 0 Å². The second-order valence-electron chi connectivity index (χ2n) is 5.81. The van der Waals surface area contributed by atoms with Gasteiger partial charge >= 0.3 is 0 Å². The summed E-state index contributed by atoms with van der Waals surface area (Å²) in [6.07, 6.45) is 0. The van der Waals surface area contributed by atoms with E-state index < -0.39 is 0 Å². The molecule has 0 bridgehead atoms. The first-order chi connectivity index (χ1) is 12.1. The highest BCUT2D eigenvalue weighted by Crippen LogP contribution is 2.30. The second kappa shape index (κ2) is 7.25. The molecule has 1 saturated heterocycles. The number of carbonyl (C=O) groups excluding carboxylic acids is 2. The zero-order chi connectivity index (χ0) is 17.8. The number of carbonyl (C=O) groups is 2. The Balaban J connectivity index is 1.66. The van der Waals surface area contributed by atoms with Crippen molar-refractivity contribution in [3.8, 4) is 11.5 Å². The zero-order valence-electron chi connectivity index (χ0n) is 14.0. The SMILES string of the molecule is COc1cccc(C(=O)N2CCN(C(=O)c3ccccc3)CC2)c1O. The van der Waals surface area contributed by atoms with Crippen LogP contribution in [0.2, 0.25) is 0 Å². The molecule has 1 aliphatic heterocycles. The molecule has 0 atom stereocenters. The first kappa shape index (κ1) is 16.8. The molecule has 1 aliphatic rings. The van der Waals surface area contributed by atoms with E-state index in [2.05, 4.69) is 0 Å². The summed E-state index contributed by atoms with van der Waals surface area (Å²) in [5, 5.41) is 10.1. The Labute approximate surface area is 146 Å². The van der Waals surface area contributed by atoms with E-state index in [1.165, 1.54) is 7.11 Å². The lowest BCUT2D eigenvalue weighted by atomic mass is 10.1. The maximum atomic E-state index is 12.6. The molecular formula is C19H20N2O4. The Bertz CT molecular complexity index is 768. The third-order valence-corrected chi connectivity index (χ3v) is 4.32. The predicted octanol–water partition coefficient (Wildman–Crippen LogP) is 2.00. The number of benzene rings is 2. The molecule has 0 saturated carbocycles. The molecule has 1 fully saturated rings. The number of rotatable bonds is 3. The highest BCUT2D eigenvalue weighted by atomic mass is 16.5. The number of aromatic hydroxyl groups is 1. The molecule has 2 amide bonds. The number of hydrogen-bond donors (Lipinski definition) is 1. The Hall–Kier alpha value is -3.02. The normalized spacial score (nSPS) is 14.3. The largest absolute Gasteiger partial charge is 0.504 e. The Morgan fingerprint density at radius 3 is 2.08 bits per heavy atom. The number of amides is 2. The fourth-order valence-electron chi connectivity index (χ4n) is 2.91. The summed E-state index contributed by atoms with van der Waals surface area (Å²) in [5.41, 5.74) is 0.856. The van der Waals surface area contributed by atoms with Crippen molar-refractivity contribution in [1.82, 2.24) is 9.80 Å². The molecule has 0 aromatic heterocycles. The molecule has 6 heteroatoms. The number of hydrogen-bond acceptors (Lipinski definition) is 4. The van der Waals surface area contributed by atoms with Crippen LogP contribution in [0.25, 0.3) is 0 Å². The maximum Gasteiger partial charge on any atom is 0.257 e. The maximum absolute atomic E-state index is 12.6. The highest BCUT2D eigenvalue weighted by molar-refractivity contribution is 5.98. The quantitative estimate of drug-likeness (QED) is 0.928. The Morgan fingerprint density at radius 1 is 0.880 bits per heavy atom. The summed E-state index contributed by atoms with van der Waals surface area (Å²) in [6.45, 7) is 1.77. The van der Waals surface area contributed by atoms with Crippen molar-refractivity contribution in [1.29, 1.82) is 0 Å². The Morgan fingerprint density at radius 2 is 1.48 bits per heavy atom. The average Bonchev–Trinajstić information content (AvgIpc) is 2.68. The molecule has 3 rings (SSSR count). The summed E-state index contributed by atoms with van der Waals surface area (Å²) in [4.78, 5) is 28.5. The van der Waals surface area contributed by atoms with Crippen LogP contribution in [0.3, 0.4) is 0 Å². The van der Waals surface area contributed by atoms with Crippen LogP contribution < -0.4 is 4.74 Å². The number of nitrogens with zero attached hydrogens (tertiary/aromatic N) is 2. The highest BCUT2D eigenvalue weighted by Gasteiger charge is 2.27. The zero-order valence-corrected chi connectivity index (χ0v) is 14.0. The summed E-state index contributed by atoms with van der Waals surface area (Å²) in [6, 6.07) is 13.9. The smallest absolute Gasteiger partial charge is 0.257 e. The predicted molar refractivity (Wildman–Crippen MR) is 92.9 cm³/mol. The third kappa shape index (κ3) is 3.42. The summed E-state index contributed by atoms with van der Waals surface area (Å²) in [5.74, 6) is -0.179. The molecule has 0 unspecified atom stereocenters. The lowest BCUT2D eigenvalue weighted by Gasteiger charge is -2.35. The molecule has 2 aromatic rings. The molecule has 2 aromatic carbocycles. The third-order valence-electron chi connectivity index (χ3n) is 4.32. The van der Waals surface area contributed by atoms with Crippen molar-refractivity contribution >= 4 is 11.8 Å². The van der Waals surface area contributed by atoms with Crippen LogP contribution >= 0.6 is 0 Å². The van der Waals surface area contributed by atoms with Crippen LogP contribution in [-0.4, -0.2) is 60.0 Å². The fourth-order valence-corrected chi connectivity index (χ4v) is 2.91. The monoisotopic (exact) mass is 340 g/mol. The standard InChI is InChI=1S/C19H20N2O4/c1-25-16-9-5-8-15(17(16)22)19(24)21-12-10-20(11-13-21)18(23)14-6-3-2-4-7-14/h2-9,22H,10-13H2,1H3. The van der Waals surface area contributed by atoms with E-state index in [0.29, 0.717) is 31.7 Å². The molecule has 1 heterocycles. The summed E-state index contributed by atoms with van der Waals surface area (Å²) < 4.78 is 5.05. The van der Waals surface area contributed by atoms with Gasteiger partial charge in [-0.05, 0) is 24.3 Å². The minimum atomic E-state index is -0.261. The van der Waals surface area contributed by atoms with E-state index in [-0.39, 0.29) is 28.9 Å². The van der Waals surface area contributed by atoms with Gasteiger partial charge in [0.2, 0.25) is 0 Å². The van der Waals surface area contributed by atoms with Gasteiger partial charge in [0.25, 0.3) is 11.8 Å². The van der Waals surface area contributed by atoms with Gasteiger partial charge in [-0.1, -0.05) is 24.3 Å². The molecule has 0 aliphatic carbocycles. The van der Waals surface area contributed by atoms with Gasteiger partial charge in [0.1, 0.15) is 0 Å². The topological polar surface area (TPSA) is 70.1 Å². The number of ether oxygens (including phenoxy) is 1. The van der Waals surface area contributed by atoms with Crippen LogP contribution in [-0.2, 0) is 0 Å².